The molecule has 0 aliphatic carbocycles. The van der Waals surface area contributed by atoms with Crippen LogP contribution in [0.4, 0.5) is 4.39 Å². The molecular formula is C15H24FNO2. The van der Waals surface area contributed by atoms with E-state index in [4.69, 9.17) is 15.2 Å². The van der Waals surface area contributed by atoms with Crippen molar-refractivity contribution in [1.29, 1.82) is 0 Å². The van der Waals surface area contributed by atoms with Gasteiger partial charge in [0, 0.05) is 18.2 Å². The summed E-state index contributed by atoms with van der Waals surface area (Å²) in [7, 11) is 0. The molecule has 0 radical (unpaired) electrons. The number of benzene rings is 1. The third-order valence-electron chi connectivity index (χ3n) is 2.91. The molecule has 0 bridgehead atoms. The van der Waals surface area contributed by atoms with E-state index in [1.54, 1.807) is 13.0 Å². The molecule has 0 heterocycles. The molecular weight excluding hydrogens is 245 g/mol. The fraction of sp³-hybridized carbons (Fsp3) is 0.600. The Labute approximate surface area is 114 Å². The monoisotopic (exact) mass is 269 g/mol. The topological polar surface area (TPSA) is 44.5 Å². The molecule has 0 aliphatic heterocycles. The molecule has 0 fully saturated rings. The van der Waals surface area contributed by atoms with Crippen molar-refractivity contribution < 1.29 is 13.9 Å². The van der Waals surface area contributed by atoms with Gasteiger partial charge in [-0.2, -0.15) is 0 Å². The molecule has 0 aliphatic rings. The second-order valence-corrected chi connectivity index (χ2v) is 4.74. The van der Waals surface area contributed by atoms with Crippen LogP contribution in [-0.4, -0.2) is 19.8 Å². The van der Waals surface area contributed by atoms with Gasteiger partial charge in [0.1, 0.15) is 18.2 Å². The fourth-order valence-electron chi connectivity index (χ4n) is 1.71. The van der Waals surface area contributed by atoms with E-state index in [0.717, 1.165) is 19.4 Å². The lowest BCUT2D eigenvalue weighted by Crippen LogP contribution is -2.12. The number of hydrogen-bond acceptors (Lipinski definition) is 3. The molecule has 0 amide bonds. The summed E-state index contributed by atoms with van der Waals surface area (Å²) in [5.41, 5.74) is 7.08. The number of hydrogen-bond donors (Lipinski definition) is 1. The Kier molecular flexibility index (Phi) is 6.81. The third-order valence-corrected chi connectivity index (χ3v) is 2.91. The van der Waals surface area contributed by atoms with E-state index in [1.165, 1.54) is 6.07 Å². The number of aryl methyl sites for hydroxylation is 1. The van der Waals surface area contributed by atoms with Gasteiger partial charge in [0.2, 0.25) is 0 Å². The third kappa shape index (κ3) is 5.17. The summed E-state index contributed by atoms with van der Waals surface area (Å²) in [6.07, 6.45) is 2.17. The summed E-state index contributed by atoms with van der Waals surface area (Å²) in [5.74, 6) is 0.395. The summed E-state index contributed by atoms with van der Waals surface area (Å²) in [4.78, 5) is 0. The molecule has 1 aromatic carbocycles. The zero-order valence-electron chi connectivity index (χ0n) is 12.0. The Morgan fingerprint density at radius 1 is 1.26 bits per heavy atom. The molecule has 4 heteroatoms. The Morgan fingerprint density at radius 3 is 2.63 bits per heavy atom. The summed E-state index contributed by atoms with van der Waals surface area (Å²) in [6.45, 7) is 7.39. The van der Waals surface area contributed by atoms with Crippen LogP contribution >= 0.6 is 0 Å². The van der Waals surface area contributed by atoms with E-state index in [9.17, 15) is 4.39 Å². The first-order valence-corrected chi connectivity index (χ1v) is 6.82. The second kappa shape index (κ2) is 8.12. The highest BCUT2D eigenvalue weighted by Gasteiger charge is 2.12. The lowest BCUT2D eigenvalue weighted by atomic mass is 10.1. The van der Waals surface area contributed by atoms with E-state index in [0.29, 0.717) is 30.1 Å². The van der Waals surface area contributed by atoms with Crippen molar-refractivity contribution in [3.8, 4) is 5.75 Å². The average Bonchev–Trinajstić information content (AvgIpc) is 2.37. The normalized spacial score (nSPS) is 12.5. The zero-order valence-corrected chi connectivity index (χ0v) is 12.0. The van der Waals surface area contributed by atoms with Gasteiger partial charge in [0.05, 0.1) is 6.61 Å². The van der Waals surface area contributed by atoms with E-state index >= 15 is 0 Å². The molecule has 0 saturated heterocycles. The Morgan fingerprint density at radius 2 is 2.00 bits per heavy atom. The lowest BCUT2D eigenvalue weighted by Gasteiger charge is -2.15. The van der Waals surface area contributed by atoms with Crippen LogP contribution in [0.15, 0.2) is 12.1 Å². The first kappa shape index (κ1) is 15.9. The Balaban J connectivity index is 2.54. The van der Waals surface area contributed by atoms with Gasteiger partial charge in [-0.1, -0.05) is 13.3 Å². The van der Waals surface area contributed by atoms with E-state index < -0.39 is 0 Å². The van der Waals surface area contributed by atoms with Crippen molar-refractivity contribution in [3.05, 3.63) is 29.1 Å². The minimum Gasteiger partial charge on any atom is -0.491 e. The van der Waals surface area contributed by atoms with E-state index in [-0.39, 0.29) is 11.9 Å². The SMILES string of the molecule is CCCCOCCOc1cc(C)c(F)cc1[C@@H](C)N. The van der Waals surface area contributed by atoms with Crippen molar-refractivity contribution in [1.82, 2.24) is 0 Å². The first-order chi connectivity index (χ1) is 9.06. The molecule has 0 spiro atoms. The van der Waals surface area contributed by atoms with Gasteiger partial charge in [-0.25, -0.2) is 4.39 Å². The molecule has 0 saturated carbocycles. The summed E-state index contributed by atoms with van der Waals surface area (Å²) in [5, 5.41) is 0. The van der Waals surface area contributed by atoms with Crippen molar-refractivity contribution in [2.24, 2.45) is 5.73 Å². The predicted molar refractivity (Wildman–Crippen MR) is 75.0 cm³/mol. The number of unbranched alkanes of at least 4 members (excludes halogenated alkanes) is 1. The summed E-state index contributed by atoms with van der Waals surface area (Å²) in [6, 6.07) is 2.89. The van der Waals surface area contributed by atoms with Crippen LogP contribution in [0, 0.1) is 12.7 Å². The standard InChI is InChI=1S/C15H24FNO2/c1-4-5-6-18-7-8-19-15-9-11(2)14(16)10-13(15)12(3)17/h9-10,12H,4-8,17H2,1-3H3/t12-/m1/s1. The molecule has 1 rings (SSSR count). The minimum absolute atomic E-state index is 0.251. The van der Waals surface area contributed by atoms with Gasteiger partial charge < -0.3 is 15.2 Å². The van der Waals surface area contributed by atoms with Crippen LogP contribution < -0.4 is 10.5 Å². The van der Waals surface area contributed by atoms with Crippen LogP contribution in [0.5, 0.6) is 5.75 Å². The highest BCUT2D eigenvalue weighted by atomic mass is 19.1. The second-order valence-electron chi connectivity index (χ2n) is 4.74. The molecule has 108 valence electrons. The number of ether oxygens (including phenoxy) is 2. The largest absolute Gasteiger partial charge is 0.491 e. The van der Waals surface area contributed by atoms with Crippen LogP contribution in [0.1, 0.15) is 43.9 Å². The van der Waals surface area contributed by atoms with Crippen LogP contribution in [-0.2, 0) is 4.74 Å². The van der Waals surface area contributed by atoms with Crippen molar-refractivity contribution >= 4 is 0 Å². The number of halogens is 1. The van der Waals surface area contributed by atoms with Crippen molar-refractivity contribution in [2.75, 3.05) is 19.8 Å². The Hall–Kier alpha value is -1.13. The lowest BCUT2D eigenvalue weighted by molar-refractivity contribution is 0.0976. The van der Waals surface area contributed by atoms with Crippen LogP contribution in [0.2, 0.25) is 0 Å². The number of rotatable bonds is 8. The predicted octanol–water partition coefficient (Wildman–Crippen LogP) is 3.35. The highest BCUT2D eigenvalue weighted by Crippen LogP contribution is 2.27. The maximum Gasteiger partial charge on any atom is 0.126 e. The van der Waals surface area contributed by atoms with Gasteiger partial charge in [-0.15, -0.1) is 0 Å². The van der Waals surface area contributed by atoms with Crippen molar-refractivity contribution in [3.63, 3.8) is 0 Å². The molecule has 19 heavy (non-hydrogen) atoms. The smallest absolute Gasteiger partial charge is 0.126 e. The van der Waals surface area contributed by atoms with Gasteiger partial charge in [-0.3, -0.25) is 0 Å². The zero-order chi connectivity index (χ0) is 14.3. The molecule has 2 N–H and O–H groups in total. The van der Waals surface area contributed by atoms with Gasteiger partial charge in [0.15, 0.2) is 0 Å². The molecule has 1 atom stereocenters. The molecule has 0 aromatic heterocycles. The maximum atomic E-state index is 13.5. The minimum atomic E-state index is -0.258. The van der Waals surface area contributed by atoms with Crippen LogP contribution in [0.3, 0.4) is 0 Å². The van der Waals surface area contributed by atoms with Crippen LogP contribution in [0.25, 0.3) is 0 Å². The van der Waals surface area contributed by atoms with Crippen molar-refractivity contribution in [2.45, 2.75) is 39.7 Å². The fourth-order valence-corrected chi connectivity index (χ4v) is 1.71. The molecule has 3 nitrogen and oxygen atoms in total. The van der Waals surface area contributed by atoms with Gasteiger partial charge >= 0.3 is 0 Å². The van der Waals surface area contributed by atoms with E-state index in [1.807, 2.05) is 6.92 Å². The molecule has 0 unspecified atom stereocenters. The quantitative estimate of drug-likeness (QED) is 0.736. The maximum absolute atomic E-state index is 13.5. The average molecular weight is 269 g/mol. The number of nitrogens with two attached hydrogens (primary N) is 1. The molecule has 1 aromatic rings. The van der Waals surface area contributed by atoms with Gasteiger partial charge in [-0.05, 0) is 38.0 Å². The summed E-state index contributed by atoms with van der Waals surface area (Å²) >= 11 is 0. The Bertz CT molecular complexity index is 394. The highest BCUT2D eigenvalue weighted by molar-refractivity contribution is 5.39. The first-order valence-electron chi connectivity index (χ1n) is 6.82. The van der Waals surface area contributed by atoms with Gasteiger partial charge in [0.25, 0.3) is 0 Å². The van der Waals surface area contributed by atoms with E-state index in [2.05, 4.69) is 6.92 Å². The summed E-state index contributed by atoms with van der Waals surface area (Å²) < 4.78 is 24.6.